The maximum Gasteiger partial charge on any atom is 0.359 e. The summed E-state index contributed by atoms with van der Waals surface area (Å²) in [4.78, 5) is 51.7. The molecule has 2 heterocycles. The smallest absolute Gasteiger partial charge is 0.359 e. The number of aromatic nitrogens is 2. The second-order valence-corrected chi connectivity index (χ2v) is 10.0. The molecule has 2 aromatic carbocycles. The summed E-state index contributed by atoms with van der Waals surface area (Å²) >= 11 is 1.14. The fourth-order valence-corrected chi connectivity index (χ4v) is 4.97. The van der Waals surface area contributed by atoms with Gasteiger partial charge in [-0.3, -0.25) is 14.4 Å². The van der Waals surface area contributed by atoms with Crippen molar-refractivity contribution in [3.05, 3.63) is 87.2 Å². The molecule has 0 aliphatic heterocycles. The molecule has 4 rings (SSSR count). The van der Waals surface area contributed by atoms with Crippen molar-refractivity contribution in [1.29, 1.82) is 0 Å². The van der Waals surface area contributed by atoms with Gasteiger partial charge in [-0.05, 0) is 43.2 Å². The molecule has 4 N–H and O–H groups in total. The standard InChI is InChI=1S/C29H31N5O5S/c1-3-5-11-22(27(36)31-16-18-9-7-6-8-10-18)32-26(35)19-12-14-20(15-13-19)34-28(37)23-21(17-40-25(23)30)24(33-34)29(38)39-4-2/h6-10,12-15,17,22H,3-5,11,16,30H2,1-2H3,(H,31,36)(H,32,35). The van der Waals surface area contributed by atoms with Crippen molar-refractivity contribution < 1.29 is 19.1 Å². The van der Waals surface area contributed by atoms with E-state index in [1.54, 1.807) is 24.4 Å². The highest BCUT2D eigenvalue weighted by Gasteiger charge is 2.23. The number of thiophene rings is 1. The number of hydrogen-bond acceptors (Lipinski definition) is 8. The lowest BCUT2D eigenvalue weighted by Crippen LogP contribution is -2.46. The van der Waals surface area contributed by atoms with Gasteiger partial charge in [-0.1, -0.05) is 50.1 Å². The van der Waals surface area contributed by atoms with Crippen LogP contribution in [-0.4, -0.2) is 40.2 Å². The van der Waals surface area contributed by atoms with Crippen LogP contribution in [0.15, 0.2) is 64.8 Å². The second-order valence-electron chi connectivity index (χ2n) is 9.09. The minimum atomic E-state index is -0.698. The quantitative estimate of drug-likeness (QED) is 0.236. The Balaban J connectivity index is 1.54. The normalized spacial score (nSPS) is 11.7. The molecule has 0 aliphatic carbocycles. The number of rotatable bonds is 11. The fourth-order valence-electron chi connectivity index (χ4n) is 4.18. The third-order valence-electron chi connectivity index (χ3n) is 6.30. The average Bonchev–Trinajstić information content (AvgIpc) is 3.36. The molecule has 40 heavy (non-hydrogen) atoms. The molecule has 0 spiro atoms. The number of esters is 1. The van der Waals surface area contributed by atoms with E-state index in [1.807, 2.05) is 37.3 Å². The van der Waals surface area contributed by atoms with Crippen molar-refractivity contribution in [3.63, 3.8) is 0 Å². The first-order valence-corrected chi connectivity index (χ1v) is 13.9. The first-order chi connectivity index (χ1) is 19.3. The van der Waals surface area contributed by atoms with Gasteiger partial charge in [-0.15, -0.1) is 11.3 Å². The van der Waals surface area contributed by atoms with E-state index in [-0.39, 0.29) is 28.6 Å². The number of hydrogen-bond donors (Lipinski definition) is 3. The zero-order valence-electron chi connectivity index (χ0n) is 22.3. The number of fused-ring (bicyclic) bond motifs is 1. The Kier molecular flexibility index (Phi) is 9.28. The average molecular weight is 562 g/mol. The highest BCUT2D eigenvalue weighted by atomic mass is 32.1. The Labute approximate surface area is 235 Å². The predicted octanol–water partition coefficient (Wildman–Crippen LogP) is 3.81. The van der Waals surface area contributed by atoms with Crippen LogP contribution >= 0.6 is 11.3 Å². The number of nitrogen functional groups attached to an aromatic ring is 1. The number of amides is 2. The van der Waals surface area contributed by atoms with Gasteiger partial charge in [0.1, 0.15) is 6.04 Å². The van der Waals surface area contributed by atoms with Crippen molar-refractivity contribution in [2.24, 2.45) is 0 Å². The summed E-state index contributed by atoms with van der Waals surface area (Å²) in [6.07, 6.45) is 2.15. The van der Waals surface area contributed by atoms with Crippen LogP contribution < -0.4 is 21.9 Å². The van der Waals surface area contributed by atoms with E-state index in [4.69, 9.17) is 10.5 Å². The molecule has 2 aromatic heterocycles. The van der Waals surface area contributed by atoms with Crippen LogP contribution in [-0.2, 0) is 16.1 Å². The van der Waals surface area contributed by atoms with E-state index in [0.717, 1.165) is 34.4 Å². The van der Waals surface area contributed by atoms with E-state index < -0.39 is 23.5 Å². The van der Waals surface area contributed by atoms with Crippen LogP contribution in [0.2, 0.25) is 0 Å². The Morgan fingerprint density at radius 3 is 2.48 bits per heavy atom. The number of nitrogens with two attached hydrogens (primary N) is 1. The van der Waals surface area contributed by atoms with Crippen LogP contribution in [0.25, 0.3) is 16.5 Å². The number of anilines is 1. The first-order valence-electron chi connectivity index (χ1n) is 13.0. The lowest BCUT2D eigenvalue weighted by Gasteiger charge is -2.18. The number of ether oxygens (including phenoxy) is 1. The number of nitrogens with zero attached hydrogens (tertiary/aromatic N) is 2. The molecule has 0 fully saturated rings. The Morgan fingerprint density at radius 2 is 1.80 bits per heavy atom. The molecular formula is C29H31N5O5S. The van der Waals surface area contributed by atoms with E-state index in [9.17, 15) is 19.2 Å². The van der Waals surface area contributed by atoms with Gasteiger partial charge in [0.2, 0.25) is 5.91 Å². The molecule has 208 valence electrons. The van der Waals surface area contributed by atoms with Crippen LogP contribution in [0.4, 0.5) is 5.00 Å². The number of benzene rings is 2. The highest BCUT2D eigenvalue weighted by Crippen LogP contribution is 2.27. The zero-order chi connectivity index (χ0) is 28.6. The summed E-state index contributed by atoms with van der Waals surface area (Å²) in [5.74, 6) is -1.35. The van der Waals surface area contributed by atoms with Crippen LogP contribution in [0.1, 0.15) is 59.5 Å². The molecule has 10 nitrogen and oxygen atoms in total. The topological polar surface area (TPSA) is 145 Å². The highest BCUT2D eigenvalue weighted by molar-refractivity contribution is 7.15. The largest absolute Gasteiger partial charge is 0.461 e. The third-order valence-corrected chi connectivity index (χ3v) is 7.11. The summed E-state index contributed by atoms with van der Waals surface area (Å²) < 4.78 is 6.18. The van der Waals surface area contributed by atoms with Crippen LogP contribution in [0, 0.1) is 0 Å². The van der Waals surface area contributed by atoms with Gasteiger partial charge in [0.05, 0.1) is 22.7 Å². The van der Waals surface area contributed by atoms with E-state index in [2.05, 4.69) is 15.7 Å². The van der Waals surface area contributed by atoms with Crippen molar-refractivity contribution in [2.45, 2.75) is 45.7 Å². The summed E-state index contributed by atoms with van der Waals surface area (Å²) in [6, 6.07) is 15.0. The minimum Gasteiger partial charge on any atom is -0.461 e. The lowest BCUT2D eigenvalue weighted by molar-refractivity contribution is -0.123. The SMILES string of the molecule is CCCCC(NC(=O)c1ccc(-n2nc(C(=O)OCC)c3csc(N)c3c2=O)cc1)C(=O)NCc1ccccc1. The van der Waals surface area contributed by atoms with Gasteiger partial charge >= 0.3 is 5.97 Å². The molecule has 1 atom stereocenters. The summed E-state index contributed by atoms with van der Waals surface area (Å²) in [6.45, 7) is 4.20. The molecule has 4 aromatic rings. The molecule has 0 aliphatic rings. The minimum absolute atomic E-state index is 0.0218. The fraction of sp³-hybridized carbons (Fsp3) is 0.276. The Hall–Kier alpha value is -4.51. The van der Waals surface area contributed by atoms with Gasteiger partial charge in [-0.25, -0.2) is 4.79 Å². The maximum atomic E-state index is 13.2. The predicted molar refractivity (Wildman–Crippen MR) is 155 cm³/mol. The van der Waals surface area contributed by atoms with Crippen LogP contribution in [0.3, 0.4) is 0 Å². The molecule has 0 saturated carbocycles. The van der Waals surface area contributed by atoms with Crippen molar-refractivity contribution in [3.8, 4) is 5.69 Å². The molecule has 0 bridgehead atoms. The van der Waals surface area contributed by atoms with Gasteiger partial charge < -0.3 is 21.1 Å². The number of carbonyl (C=O) groups excluding carboxylic acids is 3. The number of unbranched alkanes of at least 4 members (excludes halogenated alkanes) is 1. The molecule has 0 saturated heterocycles. The number of carbonyl (C=O) groups is 3. The third kappa shape index (κ3) is 6.37. The summed E-state index contributed by atoms with van der Waals surface area (Å²) in [5, 5.41) is 12.4. The van der Waals surface area contributed by atoms with Gasteiger partial charge in [0.25, 0.3) is 11.5 Å². The van der Waals surface area contributed by atoms with E-state index in [0.29, 0.717) is 29.6 Å². The first kappa shape index (κ1) is 28.5. The molecule has 2 amide bonds. The zero-order valence-corrected chi connectivity index (χ0v) is 23.1. The lowest BCUT2D eigenvalue weighted by atomic mass is 10.1. The summed E-state index contributed by atoms with van der Waals surface area (Å²) in [7, 11) is 0. The molecule has 1 unspecified atom stereocenters. The van der Waals surface area contributed by atoms with Gasteiger partial charge in [0, 0.05) is 22.9 Å². The maximum absolute atomic E-state index is 13.2. The summed E-state index contributed by atoms with van der Waals surface area (Å²) in [5.41, 5.74) is 7.12. The van der Waals surface area contributed by atoms with E-state index >= 15 is 0 Å². The molecule has 0 radical (unpaired) electrons. The molecular weight excluding hydrogens is 530 g/mol. The Morgan fingerprint density at radius 1 is 1.07 bits per heavy atom. The number of nitrogens with one attached hydrogen (secondary N) is 2. The van der Waals surface area contributed by atoms with Crippen molar-refractivity contribution in [1.82, 2.24) is 20.4 Å². The second kappa shape index (κ2) is 13.0. The Bertz CT molecular complexity index is 1560. The van der Waals surface area contributed by atoms with Gasteiger partial charge in [-0.2, -0.15) is 9.78 Å². The molecule has 11 heteroatoms. The van der Waals surface area contributed by atoms with Gasteiger partial charge in [0.15, 0.2) is 5.69 Å². The van der Waals surface area contributed by atoms with E-state index in [1.165, 1.54) is 12.1 Å². The monoisotopic (exact) mass is 561 g/mol. The van der Waals surface area contributed by atoms with Crippen molar-refractivity contribution in [2.75, 3.05) is 12.3 Å². The van der Waals surface area contributed by atoms with Crippen LogP contribution in [0.5, 0.6) is 0 Å². The van der Waals surface area contributed by atoms with Crippen molar-refractivity contribution >= 4 is 44.9 Å².